The summed E-state index contributed by atoms with van der Waals surface area (Å²) >= 11 is 0. The molecule has 0 radical (unpaired) electrons. The van der Waals surface area contributed by atoms with Gasteiger partial charge in [0.2, 0.25) is 0 Å². The van der Waals surface area contributed by atoms with Gasteiger partial charge in [-0.15, -0.1) is 0 Å². The molecule has 0 aliphatic carbocycles. The van der Waals surface area contributed by atoms with Crippen LogP contribution >= 0.6 is 0 Å². The molecule has 2 aromatic rings. The molecule has 0 spiro atoms. The van der Waals surface area contributed by atoms with Crippen molar-refractivity contribution in [3.8, 4) is 11.5 Å². The number of hydrogen-bond acceptors (Lipinski definition) is 4. The summed E-state index contributed by atoms with van der Waals surface area (Å²) in [6, 6.07) is 15.3. The first-order valence-corrected chi connectivity index (χ1v) is 7.96. The van der Waals surface area contributed by atoms with Crippen LogP contribution in [0, 0.1) is 0 Å². The first-order chi connectivity index (χ1) is 11.6. The minimum absolute atomic E-state index is 0.0760. The van der Waals surface area contributed by atoms with E-state index < -0.39 is 0 Å². The molecule has 1 aliphatic heterocycles. The highest BCUT2D eigenvalue weighted by atomic mass is 16.5. The van der Waals surface area contributed by atoms with E-state index in [0.29, 0.717) is 30.2 Å². The number of carbonyl (C=O) groups excluding carboxylic acids is 1. The number of nitrogens with two attached hydrogens (primary N) is 1. The Morgan fingerprint density at radius 3 is 2.50 bits per heavy atom. The Hall–Kier alpha value is -2.53. The molecule has 1 heterocycles. The highest BCUT2D eigenvalue weighted by Gasteiger charge is 2.35. The first kappa shape index (κ1) is 16.3. The van der Waals surface area contributed by atoms with Crippen molar-refractivity contribution in [1.82, 2.24) is 4.90 Å². The van der Waals surface area contributed by atoms with Crippen LogP contribution in [0.1, 0.15) is 21.8 Å². The van der Waals surface area contributed by atoms with Gasteiger partial charge in [-0.1, -0.05) is 30.3 Å². The van der Waals surface area contributed by atoms with Crippen LogP contribution in [0.2, 0.25) is 0 Å². The Balaban J connectivity index is 1.84. The third-order valence-electron chi connectivity index (χ3n) is 4.52. The molecule has 2 atom stereocenters. The zero-order valence-corrected chi connectivity index (χ0v) is 13.9. The second-order valence-corrected chi connectivity index (χ2v) is 5.96. The Labute approximate surface area is 142 Å². The molecule has 1 aliphatic rings. The van der Waals surface area contributed by atoms with E-state index in [4.69, 9.17) is 15.2 Å². The van der Waals surface area contributed by atoms with E-state index >= 15 is 0 Å². The number of hydrogen-bond donors (Lipinski definition) is 1. The van der Waals surface area contributed by atoms with Crippen molar-refractivity contribution in [1.29, 1.82) is 0 Å². The van der Waals surface area contributed by atoms with E-state index in [9.17, 15) is 4.79 Å². The molecule has 1 fully saturated rings. The maximum Gasteiger partial charge on any atom is 0.257 e. The van der Waals surface area contributed by atoms with Crippen LogP contribution in [-0.2, 0) is 0 Å². The normalized spacial score (nSPS) is 20.0. The molecule has 0 aromatic heterocycles. The van der Waals surface area contributed by atoms with Crippen molar-refractivity contribution in [3.05, 3.63) is 59.7 Å². The zero-order valence-electron chi connectivity index (χ0n) is 13.9. The lowest BCUT2D eigenvalue weighted by atomic mass is 9.95. The third-order valence-corrected chi connectivity index (χ3v) is 4.52. The number of rotatable bonds is 4. The number of likely N-dealkylation sites (tertiary alicyclic amines) is 1. The monoisotopic (exact) mass is 326 g/mol. The molecule has 5 heteroatoms. The van der Waals surface area contributed by atoms with Gasteiger partial charge in [0.25, 0.3) is 5.91 Å². The molecule has 2 N–H and O–H groups in total. The number of carbonyl (C=O) groups is 1. The summed E-state index contributed by atoms with van der Waals surface area (Å²) in [6.07, 6.45) is 0. The molecule has 2 aromatic carbocycles. The topological polar surface area (TPSA) is 64.8 Å². The molecule has 3 rings (SSSR count). The van der Waals surface area contributed by atoms with Gasteiger partial charge in [-0.2, -0.15) is 0 Å². The lowest BCUT2D eigenvalue weighted by Crippen LogP contribution is -2.32. The van der Waals surface area contributed by atoms with Crippen LogP contribution in [0.4, 0.5) is 0 Å². The van der Waals surface area contributed by atoms with E-state index in [2.05, 4.69) is 12.1 Å². The molecule has 0 saturated carbocycles. The van der Waals surface area contributed by atoms with Crippen LogP contribution in [0.3, 0.4) is 0 Å². The molecular weight excluding hydrogens is 304 g/mol. The number of amides is 1. The van der Waals surface area contributed by atoms with Gasteiger partial charge in [-0.25, -0.2) is 0 Å². The van der Waals surface area contributed by atoms with Crippen LogP contribution in [0.25, 0.3) is 0 Å². The second kappa shape index (κ2) is 6.93. The van der Waals surface area contributed by atoms with Gasteiger partial charge in [0.05, 0.1) is 19.8 Å². The van der Waals surface area contributed by atoms with Crippen molar-refractivity contribution in [2.24, 2.45) is 5.73 Å². The number of methoxy groups -OCH3 is 2. The first-order valence-electron chi connectivity index (χ1n) is 7.96. The SMILES string of the molecule is COc1ccc(OC)c(C(=O)N2C[C@@H](N)[C@H](c3ccccc3)C2)c1. The van der Waals surface area contributed by atoms with Crippen molar-refractivity contribution >= 4 is 5.91 Å². The molecule has 5 nitrogen and oxygen atoms in total. The van der Waals surface area contributed by atoms with E-state index in [1.54, 1.807) is 37.3 Å². The van der Waals surface area contributed by atoms with Gasteiger partial charge < -0.3 is 20.1 Å². The highest BCUT2D eigenvalue weighted by molar-refractivity contribution is 5.97. The maximum absolute atomic E-state index is 13.0. The summed E-state index contributed by atoms with van der Waals surface area (Å²) in [4.78, 5) is 14.7. The Bertz CT molecular complexity index is 718. The largest absolute Gasteiger partial charge is 0.497 e. The summed E-state index contributed by atoms with van der Waals surface area (Å²) in [5, 5.41) is 0. The standard InChI is InChI=1S/C19H22N2O3/c1-23-14-8-9-18(24-2)15(10-14)19(22)21-11-16(17(20)12-21)13-6-4-3-5-7-13/h3-10,16-17H,11-12,20H2,1-2H3/t16-,17+/m0/s1. The van der Waals surface area contributed by atoms with Crippen molar-refractivity contribution < 1.29 is 14.3 Å². The summed E-state index contributed by atoms with van der Waals surface area (Å²) < 4.78 is 10.6. The fourth-order valence-electron chi connectivity index (χ4n) is 3.20. The molecule has 0 bridgehead atoms. The molecule has 24 heavy (non-hydrogen) atoms. The average molecular weight is 326 g/mol. The van der Waals surface area contributed by atoms with Crippen LogP contribution < -0.4 is 15.2 Å². The summed E-state index contributed by atoms with van der Waals surface area (Å²) in [5.41, 5.74) is 7.96. The summed E-state index contributed by atoms with van der Waals surface area (Å²) in [5.74, 6) is 1.23. The van der Waals surface area contributed by atoms with E-state index in [1.165, 1.54) is 0 Å². The quantitative estimate of drug-likeness (QED) is 0.936. The van der Waals surface area contributed by atoms with E-state index in [-0.39, 0.29) is 17.9 Å². The zero-order chi connectivity index (χ0) is 17.1. The minimum atomic E-state index is -0.0837. The molecule has 1 saturated heterocycles. The van der Waals surface area contributed by atoms with E-state index in [0.717, 1.165) is 5.56 Å². The fourth-order valence-corrected chi connectivity index (χ4v) is 3.20. The van der Waals surface area contributed by atoms with Crippen molar-refractivity contribution in [2.45, 2.75) is 12.0 Å². The van der Waals surface area contributed by atoms with Gasteiger partial charge >= 0.3 is 0 Å². The lowest BCUT2D eigenvalue weighted by Gasteiger charge is -2.18. The maximum atomic E-state index is 13.0. The van der Waals surface area contributed by atoms with Gasteiger partial charge in [0, 0.05) is 25.0 Å². The molecule has 0 unspecified atom stereocenters. The Morgan fingerprint density at radius 1 is 1.08 bits per heavy atom. The Morgan fingerprint density at radius 2 is 1.83 bits per heavy atom. The van der Waals surface area contributed by atoms with Gasteiger partial charge in [-0.3, -0.25) is 4.79 Å². The number of benzene rings is 2. The van der Waals surface area contributed by atoms with E-state index in [1.807, 2.05) is 18.2 Å². The lowest BCUT2D eigenvalue weighted by molar-refractivity contribution is 0.0785. The third kappa shape index (κ3) is 3.08. The van der Waals surface area contributed by atoms with Crippen LogP contribution in [-0.4, -0.2) is 44.2 Å². The van der Waals surface area contributed by atoms with Gasteiger partial charge in [-0.05, 0) is 23.8 Å². The molecule has 126 valence electrons. The molecular formula is C19H22N2O3. The van der Waals surface area contributed by atoms with Crippen molar-refractivity contribution in [2.75, 3.05) is 27.3 Å². The number of nitrogens with zero attached hydrogens (tertiary/aromatic N) is 1. The summed E-state index contributed by atoms with van der Waals surface area (Å²) in [7, 11) is 3.13. The summed E-state index contributed by atoms with van der Waals surface area (Å²) in [6.45, 7) is 1.13. The Kier molecular flexibility index (Phi) is 4.71. The van der Waals surface area contributed by atoms with Gasteiger partial charge in [0.1, 0.15) is 11.5 Å². The minimum Gasteiger partial charge on any atom is -0.497 e. The average Bonchev–Trinajstić information content (AvgIpc) is 3.03. The second-order valence-electron chi connectivity index (χ2n) is 5.96. The van der Waals surface area contributed by atoms with Crippen LogP contribution in [0.5, 0.6) is 11.5 Å². The predicted molar refractivity (Wildman–Crippen MR) is 92.6 cm³/mol. The highest BCUT2D eigenvalue weighted by Crippen LogP contribution is 2.30. The van der Waals surface area contributed by atoms with Gasteiger partial charge in [0.15, 0.2) is 0 Å². The predicted octanol–water partition coefficient (Wildman–Crippen LogP) is 2.27. The van der Waals surface area contributed by atoms with Crippen LogP contribution in [0.15, 0.2) is 48.5 Å². The molecule has 1 amide bonds. The number of ether oxygens (including phenoxy) is 2. The fraction of sp³-hybridized carbons (Fsp3) is 0.316. The smallest absolute Gasteiger partial charge is 0.257 e. The van der Waals surface area contributed by atoms with Crippen molar-refractivity contribution in [3.63, 3.8) is 0 Å².